The van der Waals surface area contributed by atoms with Crippen LogP contribution in [0.4, 0.5) is 4.39 Å². The van der Waals surface area contributed by atoms with Gasteiger partial charge in [0.25, 0.3) is 0 Å². The molecule has 0 radical (unpaired) electrons. The SMILES string of the molecule is Cc1ccccc1[C@H](CC(=NO)c1cc(Cl)ncc1F)c1ccc(-c2ccc(C(=O)O)cc2)cc1. The molecule has 0 aliphatic heterocycles. The Kier molecular flexibility index (Phi) is 7.22. The summed E-state index contributed by atoms with van der Waals surface area (Å²) < 4.78 is 14.5. The van der Waals surface area contributed by atoms with Gasteiger partial charge in [0.2, 0.25) is 0 Å². The van der Waals surface area contributed by atoms with Gasteiger partial charge < -0.3 is 10.3 Å². The standard InChI is InChI=1S/C28H22ClFN2O3/c1-17-4-2-3-5-22(17)23(14-26(32-35)24-15-27(29)31-16-25(24)30)20-10-6-18(7-11-20)19-8-12-21(13-9-19)28(33)34/h2-13,15-16,23,35H,14H2,1H3,(H,33,34)/t23-/m1/s1. The highest BCUT2D eigenvalue weighted by Gasteiger charge is 2.22. The summed E-state index contributed by atoms with van der Waals surface area (Å²) in [5, 5.41) is 22.4. The number of hydrogen-bond acceptors (Lipinski definition) is 4. The van der Waals surface area contributed by atoms with Crippen molar-refractivity contribution in [2.75, 3.05) is 0 Å². The largest absolute Gasteiger partial charge is 0.478 e. The number of carboxylic acids is 1. The molecule has 0 amide bonds. The van der Waals surface area contributed by atoms with Gasteiger partial charge in [-0.15, -0.1) is 0 Å². The minimum Gasteiger partial charge on any atom is -0.478 e. The molecule has 1 aromatic heterocycles. The fraction of sp³-hybridized carbons (Fsp3) is 0.107. The maximum atomic E-state index is 14.5. The Morgan fingerprint density at radius 2 is 1.66 bits per heavy atom. The molecule has 1 heterocycles. The van der Waals surface area contributed by atoms with E-state index in [-0.39, 0.29) is 34.3 Å². The number of hydrogen-bond donors (Lipinski definition) is 2. The fourth-order valence-electron chi connectivity index (χ4n) is 4.13. The van der Waals surface area contributed by atoms with E-state index < -0.39 is 11.8 Å². The lowest BCUT2D eigenvalue weighted by atomic mass is 9.83. The van der Waals surface area contributed by atoms with E-state index >= 15 is 0 Å². The number of halogens is 2. The number of rotatable bonds is 7. The van der Waals surface area contributed by atoms with Crippen LogP contribution >= 0.6 is 11.6 Å². The minimum atomic E-state index is -0.971. The highest BCUT2D eigenvalue weighted by molar-refractivity contribution is 6.29. The van der Waals surface area contributed by atoms with Crippen molar-refractivity contribution in [2.24, 2.45) is 5.16 Å². The van der Waals surface area contributed by atoms with E-state index in [1.807, 2.05) is 55.5 Å². The molecule has 0 saturated heterocycles. The Morgan fingerprint density at radius 3 is 2.26 bits per heavy atom. The van der Waals surface area contributed by atoms with Gasteiger partial charge in [-0.1, -0.05) is 77.4 Å². The van der Waals surface area contributed by atoms with Crippen LogP contribution in [-0.4, -0.2) is 27.0 Å². The van der Waals surface area contributed by atoms with E-state index in [1.54, 1.807) is 24.3 Å². The molecule has 0 saturated carbocycles. The summed E-state index contributed by atoms with van der Waals surface area (Å²) in [5.41, 5.74) is 5.33. The zero-order valence-electron chi connectivity index (χ0n) is 18.8. The molecule has 0 fully saturated rings. The van der Waals surface area contributed by atoms with Gasteiger partial charge in [0.15, 0.2) is 5.82 Å². The Morgan fingerprint density at radius 1 is 1.03 bits per heavy atom. The van der Waals surface area contributed by atoms with E-state index in [2.05, 4.69) is 10.1 Å². The Bertz CT molecular complexity index is 1390. The first-order valence-electron chi connectivity index (χ1n) is 10.9. The average Bonchev–Trinajstić information content (AvgIpc) is 2.87. The highest BCUT2D eigenvalue weighted by Crippen LogP contribution is 2.34. The zero-order chi connectivity index (χ0) is 24.9. The van der Waals surface area contributed by atoms with Gasteiger partial charge in [-0.25, -0.2) is 14.2 Å². The third-order valence-electron chi connectivity index (χ3n) is 5.99. The number of carboxylic acid groups (broad SMARTS) is 1. The molecule has 5 nitrogen and oxygen atoms in total. The van der Waals surface area contributed by atoms with Gasteiger partial charge in [-0.2, -0.15) is 0 Å². The summed E-state index contributed by atoms with van der Waals surface area (Å²) >= 11 is 5.97. The Balaban J connectivity index is 1.71. The van der Waals surface area contributed by atoms with Crippen LogP contribution in [0, 0.1) is 12.7 Å². The van der Waals surface area contributed by atoms with Crippen LogP contribution in [-0.2, 0) is 0 Å². The van der Waals surface area contributed by atoms with Crippen molar-refractivity contribution in [1.29, 1.82) is 0 Å². The molecule has 4 aromatic rings. The van der Waals surface area contributed by atoms with Gasteiger partial charge in [-0.3, -0.25) is 0 Å². The molecule has 35 heavy (non-hydrogen) atoms. The predicted octanol–water partition coefficient (Wildman–Crippen LogP) is 6.95. The lowest BCUT2D eigenvalue weighted by Gasteiger charge is -2.21. The predicted molar refractivity (Wildman–Crippen MR) is 134 cm³/mol. The molecule has 0 spiro atoms. The lowest BCUT2D eigenvalue weighted by Crippen LogP contribution is -2.13. The molecule has 4 rings (SSSR count). The number of benzene rings is 3. The van der Waals surface area contributed by atoms with Crippen molar-refractivity contribution in [3.63, 3.8) is 0 Å². The molecular weight excluding hydrogens is 467 g/mol. The lowest BCUT2D eigenvalue weighted by molar-refractivity contribution is 0.0697. The van der Waals surface area contributed by atoms with E-state index in [4.69, 9.17) is 16.7 Å². The van der Waals surface area contributed by atoms with E-state index in [9.17, 15) is 14.4 Å². The van der Waals surface area contributed by atoms with Crippen LogP contribution in [0.5, 0.6) is 0 Å². The van der Waals surface area contributed by atoms with Gasteiger partial charge in [-0.05, 0) is 52.9 Å². The average molecular weight is 489 g/mol. The molecule has 2 N–H and O–H groups in total. The molecule has 7 heteroatoms. The molecule has 0 unspecified atom stereocenters. The second-order valence-electron chi connectivity index (χ2n) is 8.15. The monoisotopic (exact) mass is 488 g/mol. The maximum absolute atomic E-state index is 14.5. The number of pyridine rings is 1. The van der Waals surface area contributed by atoms with Crippen LogP contribution in [0.15, 0.2) is 90.2 Å². The Hall–Kier alpha value is -4.03. The first-order chi connectivity index (χ1) is 16.9. The smallest absolute Gasteiger partial charge is 0.335 e. The molecule has 0 bridgehead atoms. The summed E-state index contributed by atoms with van der Waals surface area (Å²) in [5.74, 6) is -1.82. The number of nitrogens with zero attached hydrogens (tertiary/aromatic N) is 2. The first-order valence-corrected chi connectivity index (χ1v) is 11.3. The molecule has 0 aliphatic carbocycles. The number of oxime groups is 1. The summed E-state index contributed by atoms with van der Waals surface area (Å²) in [7, 11) is 0. The third kappa shape index (κ3) is 5.39. The fourth-order valence-corrected chi connectivity index (χ4v) is 4.29. The van der Waals surface area contributed by atoms with Crippen molar-refractivity contribution in [1.82, 2.24) is 4.98 Å². The van der Waals surface area contributed by atoms with Crippen LogP contribution in [0.3, 0.4) is 0 Å². The van der Waals surface area contributed by atoms with Gasteiger partial charge in [0.1, 0.15) is 5.15 Å². The molecule has 3 aromatic carbocycles. The summed E-state index contributed by atoms with van der Waals surface area (Å²) in [6.07, 6.45) is 1.24. The van der Waals surface area contributed by atoms with Crippen molar-refractivity contribution in [3.8, 4) is 11.1 Å². The third-order valence-corrected chi connectivity index (χ3v) is 6.20. The second-order valence-corrected chi connectivity index (χ2v) is 8.54. The molecule has 0 aliphatic rings. The normalized spacial score (nSPS) is 12.4. The summed E-state index contributed by atoms with van der Waals surface area (Å²) in [6.45, 7) is 2.00. The van der Waals surface area contributed by atoms with Gasteiger partial charge in [0.05, 0.1) is 17.5 Å². The maximum Gasteiger partial charge on any atom is 0.335 e. The molecule has 176 valence electrons. The number of aromatic carboxylic acids is 1. The van der Waals surface area contributed by atoms with Crippen molar-refractivity contribution in [2.45, 2.75) is 19.3 Å². The van der Waals surface area contributed by atoms with E-state index in [0.29, 0.717) is 0 Å². The van der Waals surface area contributed by atoms with Crippen LogP contribution in [0.2, 0.25) is 5.15 Å². The van der Waals surface area contributed by atoms with Crippen LogP contribution in [0.1, 0.15) is 45.0 Å². The summed E-state index contributed by atoms with van der Waals surface area (Å²) in [6, 6.07) is 23.8. The highest BCUT2D eigenvalue weighted by atomic mass is 35.5. The summed E-state index contributed by atoms with van der Waals surface area (Å²) in [4.78, 5) is 14.9. The van der Waals surface area contributed by atoms with Gasteiger partial charge in [0, 0.05) is 17.9 Å². The van der Waals surface area contributed by atoms with Gasteiger partial charge >= 0.3 is 5.97 Å². The quantitative estimate of drug-likeness (QED) is 0.128. The topological polar surface area (TPSA) is 82.8 Å². The van der Waals surface area contributed by atoms with Crippen molar-refractivity contribution >= 4 is 23.3 Å². The van der Waals surface area contributed by atoms with E-state index in [0.717, 1.165) is 34.0 Å². The number of aryl methyl sites for hydroxylation is 1. The van der Waals surface area contributed by atoms with E-state index in [1.165, 1.54) is 6.07 Å². The first kappa shape index (κ1) is 24.1. The molecular formula is C28H22ClFN2O3. The van der Waals surface area contributed by atoms with Crippen molar-refractivity contribution < 1.29 is 19.5 Å². The molecule has 1 atom stereocenters. The zero-order valence-corrected chi connectivity index (χ0v) is 19.6. The second kappa shape index (κ2) is 10.5. The Labute approximate surface area is 207 Å². The minimum absolute atomic E-state index is 0.0984. The van der Waals surface area contributed by atoms with Crippen molar-refractivity contribution in [3.05, 3.63) is 124 Å². The number of aromatic nitrogens is 1. The van der Waals surface area contributed by atoms with Crippen LogP contribution in [0.25, 0.3) is 11.1 Å². The van der Waals surface area contributed by atoms with Crippen LogP contribution < -0.4 is 0 Å². The number of carbonyl (C=O) groups is 1.